The number of nitro benzene ring substituents is 1. The average molecular weight is 262 g/mol. The lowest BCUT2D eigenvalue weighted by molar-refractivity contribution is -0.384. The Morgan fingerprint density at radius 2 is 2.26 bits per heavy atom. The van der Waals surface area contributed by atoms with E-state index in [4.69, 9.17) is 5.26 Å². The van der Waals surface area contributed by atoms with E-state index in [9.17, 15) is 14.9 Å². The van der Waals surface area contributed by atoms with Gasteiger partial charge in [-0.25, -0.2) is 0 Å². The third kappa shape index (κ3) is 3.96. The molecule has 1 rings (SSSR count). The number of amides is 1. The summed E-state index contributed by atoms with van der Waals surface area (Å²) < 4.78 is 0. The van der Waals surface area contributed by atoms with Gasteiger partial charge in [-0.3, -0.25) is 14.9 Å². The number of carbonyl (C=O) groups is 1. The highest BCUT2D eigenvalue weighted by atomic mass is 16.6. The van der Waals surface area contributed by atoms with Gasteiger partial charge in [-0.05, 0) is 19.1 Å². The Labute approximate surface area is 110 Å². The molecule has 7 nitrogen and oxygen atoms in total. The predicted molar refractivity (Wildman–Crippen MR) is 69.6 cm³/mol. The molecule has 0 radical (unpaired) electrons. The standard InChI is InChI=1S/C12H14N4O3/c1-2-14-11(17)6-7-15-10-5-3-4-9(8-13)12(10)16(18)19/h3-5,15H,2,6-7H2,1H3,(H,14,17). The molecule has 0 spiro atoms. The molecule has 0 unspecified atom stereocenters. The van der Waals surface area contributed by atoms with Gasteiger partial charge in [0, 0.05) is 19.5 Å². The molecule has 0 atom stereocenters. The lowest BCUT2D eigenvalue weighted by Gasteiger charge is -2.07. The predicted octanol–water partition coefficient (Wildman–Crippen LogP) is 1.40. The Morgan fingerprint density at radius 3 is 2.84 bits per heavy atom. The van der Waals surface area contributed by atoms with Crippen molar-refractivity contribution < 1.29 is 9.72 Å². The first-order chi connectivity index (χ1) is 9.10. The van der Waals surface area contributed by atoms with Crippen LogP contribution in [-0.4, -0.2) is 23.9 Å². The Balaban J connectivity index is 2.76. The molecule has 100 valence electrons. The van der Waals surface area contributed by atoms with Crippen LogP contribution in [0.25, 0.3) is 0 Å². The van der Waals surface area contributed by atoms with Crippen molar-refractivity contribution in [3.63, 3.8) is 0 Å². The monoisotopic (exact) mass is 262 g/mol. The summed E-state index contributed by atoms with van der Waals surface area (Å²) in [4.78, 5) is 21.6. The van der Waals surface area contributed by atoms with E-state index in [-0.39, 0.29) is 35.8 Å². The van der Waals surface area contributed by atoms with Gasteiger partial charge in [0.2, 0.25) is 5.91 Å². The van der Waals surface area contributed by atoms with Crippen LogP contribution in [0, 0.1) is 21.4 Å². The third-order valence-electron chi connectivity index (χ3n) is 2.38. The number of anilines is 1. The maximum atomic E-state index is 11.2. The van der Waals surface area contributed by atoms with Crippen LogP contribution >= 0.6 is 0 Å². The highest BCUT2D eigenvalue weighted by molar-refractivity contribution is 5.77. The van der Waals surface area contributed by atoms with Crippen molar-refractivity contribution in [3.05, 3.63) is 33.9 Å². The molecule has 0 aliphatic rings. The molecule has 19 heavy (non-hydrogen) atoms. The van der Waals surface area contributed by atoms with Crippen LogP contribution in [-0.2, 0) is 4.79 Å². The molecule has 7 heteroatoms. The minimum absolute atomic E-state index is 0.00647. The highest BCUT2D eigenvalue weighted by Gasteiger charge is 2.19. The maximum absolute atomic E-state index is 11.2. The van der Waals surface area contributed by atoms with Gasteiger partial charge in [0.15, 0.2) is 0 Å². The number of para-hydroxylation sites is 1. The molecular formula is C12H14N4O3. The zero-order valence-electron chi connectivity index (χ0n) is 10.5. The summed E-state index contributed by atoms with van der Waals surface area (Å²) in [6.07, 6.45) is 0.210. The molecule has 0 aromatic heterocycles. The number of benzene rings is 1. The third-order valence-corrected chi connectivity index (χ3v) is 2.38. The molecular weight excluding hydrogens is 248 g/mol. The van der Waals surface area contributed by atoms with Crippen molar-refractivity contribution in [2.45, 2.75) is 13.3 Å². The zero-order chi connectivity index (χ0) is 14.3. The second-order valence-corrected chi connectivity index (χ2v) is 3.70. The fourth-order valence-corrected chi connectivity index (χ4v) is 1.57. The van der Waals surface area contributed by atoms with E-state index in [1.165, 1.54) is 12.1 Å². The van der Waals surface area contributed by atoms with Gasteiger partial charge in [-0.15, -0.1) is 0 Å². The number of hydrogen-bond donors (Lipinski definition) is 2. The van der Waals surface area contributed by atoms with Crippen LogP contribution in [0.15, 0.2) is 18.2 Å². The Bertz CT molecular complexity index is 522. The van der Waals surface area contributed by atoms with E-state index in [1.54, 1.807) is 12.1 Å². The topological polar surface area (TPSA) is 108 Å². The number of carbonyl (C=O) groups excluding carboxylic acids is 1. The van der Waals surface area contributed by atoms with Gasteiger partial charge in [0.25, 0.3) is 0 Å². The first kappa shape index (κ1) is 14.4. The first-order valence-corrected chi connectivity index (χ1v) is 5.78. The summed E-state index contributed by atoms with van der Waals surface area (Å²) in [5.41, 5.74) is -0.0257. The van der Waals surface area contributed by atoms with Gasteiger partial charge >= 0.3 is 5.69 Å². The van der Waals surface area contributed by atoms with Gasteiger partial charge in [-0.1, -0.05) is 6.07 Å². The lowest BCUT2D eigenvalue weighted by atomic mass is 10.1. The molecule has 0 heterocycles. The highest BCUT2D eigenvalue weighted by Crippen LogP contribution is 2.27. The largest absolute Gasteiger partial charge is 0.379 e. The van der Waals surface area contributed by atoms with E-state index >= 15 is 0 Å². The summed E-state index contributed by atoms with van der Waals surface area (Å²) in [5.74, 6) is -0.130. The molecule has 1 aromatic rings. The number of nitriles is 1. The fourth-order valence-electron chi connectivity index (χ4n) is 1.57. The van der Waals surface area contributed by atoms with E-state index in [2.05, 4.69) is 10.6 Å². The molecule has 0 aliphatic heterocycles. The summed E-state index contributed by atoms with van der Waals surface area (Å²) in [5, 5.41) is 25.2. The molecule has 0 saturated carbocycles. The molecule has 0 bridgehead atoms. The number of hydrogen-bond acceptors (Lipinski definition) is 5. The van der Waals surface area contributed by atoms with Crippen LogP contribution < -0.4 is 10.6 Å². The van der Waals surface area contributed by atoms with E-state index in [0.29, 0.717) is 6.54 Å². The van der Waals surface area contributed by atoms with E-state index in [0.717, 1.165) is 0 Å². The lowest BCUT2D eigenvalue weighted by Crippen LogP contribution is -2.24. The van der Waals surface area contributed by atoms with Crippen LogP contribution in [0.2, 0.25) is 0 Å². The molecule has 0 aliphatic carbocycles. The Hall–Kier alpha value is -2.62. The fraction of sp³-hybridized carbons (Fsp3) is 0.333. The normalized spacial score (nSPS) is 9.47. The SMILES string of the molecule is CCNC(=O)CCNc1cccc(C#N)c1[N+](=O)[O-]. The van der Waals surface area contributed by atoms with Crippen LogP contribution in [0.4, 0.5) is 11.4 Å². The second-order valence-electron chi connectivity index (χ2n) is 3.70. The van der Waals surface area contributed by atoms with Crippen molar-refractivity contribution in [2.24, 2.45) is 0 Å². The summed E-state index contributed by atoms with van der Waals surface area (Å²) >= 11 is 0. The maximum Gasteiger partial charge on any atom is 0.309 e. The number of rotatable bonds is 6. The zero-order valence-corrected chi connectivity index (χ0v) is 10.5. The Morgan fingerprint density at radius 1 is 1.53 bits per heavy atom. The first-order valence-electron chi connectivity index (χ1n) is 5.78. The van der Waals surface area contributed by atoms with Crippen LogP contribution in [0.3, 0.4) is 0 Å². The summed E-state index contributed by atoms with van der Waals surface area (Å²) in [6.45, 7) is 2.62. The van der Waals surface area contributed by atoms with E-state index < -0.39 is 4.92 Å². The molecule has 2 N–H and O–H groups in total. The van der Waals surface area contributed by atoms with Crippen molar-refractivity contribution in [1.29, 1.82) is 5.26 Å². The molecule has 1 amide bonds. The van der Waals surface area contributed by atoms with Gasteiger partial charge in [-0.2, -0.15) is 5.26 Å². The average Bonchev–Trinajstić information content (AvgIpc) is 2.38. The number of nitrogens with one attached hydrogen (secondary N) is 2. The molecule has 0 saturated heterocycles. The van der Waals surface area contributed by atoms with Gasteiger partial charge in [0.05, 0.1) is 4.92 Å². The minimum Gasteiger partial charge on any atom is -0.379 e. The van der Waals surface area contributed by atoms with Gasteiger partial charge in [0.1, 0.15) is 17.3 Å². The minimum atomic E-state index is -0.604. The quantitative estimate of drug-likeness (QED) is 0.595. The van der Waals surface area contributed by atoms with Crippen molar-refractivity contribution in [3.8, 4) is 6.07 Å². The number of nitro groups is 1. The van der Waals surface area contributed by atoms with Crippen LogP contribution in [0.1, 0.15) is 18.9 Å². The van der Waals surface area contributed by atoms with Crippen molar-refractivity contribution in [2.75, 3.05) is 18.4 Å². The van der Waals surface area contributed by atoms with Crippen molar-refractivity contribution in [1.82, 2.24) is 5.32 Å². The molecule has 0 fully saturated rings. The summed E-state index contributed by atoms with van der Waals surface area (Å²) in [7, 11) is 0. The van der Waals surface area contributed by atoms with Crippen molar-refractivity contribution >= 4 is 17.3 Å². The Kier molecular flexibility index (Phi) is 5.29. The number of nitrogens with zero attached hydrogens (tertiary/aromatic N) is 2. The van der Waals surface area contributed by atoms with E-state index in [1.807, 2.05) is 6.92 Å². The smallest absolute Gasteiger partial charge is 0.309 e. The second kappa shape index (κ2) is 6.96. The van der Waals surface area contributed by atoms with Gasteiger partial charge < -0.3 is 10.6 Å². The van der Waals surface area contributed by atoms with Crippen LogP contribution in [0.5, 0.6) is 0 Å². The molecule has 1 aromatic carbocycles. The summed E-state index contributed by atoms with van der Waals surface area (Å²) in [6, 6.07) is 6.22.